The summed E-state index contributed by atoms with van der Waals surface area (Å²) in [5.41, 5.74) is 0.756. The number of halogens is 3. The fraction of sp³-hybridized carbons (Fsp3) is 0.381. The normalized spacial score (nSPS) is 16.5. The van der Waals surface area contributed by atoms with Gasteiger partial charge in [-0.25, -0.2) is 9.69 Å². The molecule has 1 aliphatic heterocycles. The van der Waals surface area contributed by atoms with Crippen LogP contribution in [-0.4, -0.2) is 33.7 Å². The van der Waals surface area contributed by atoms with E-state index in [4.69, 9.17) is 0 Å². The molecule has 160 valence electrons. The van der Waals surface area contributed by atoms with Gasteiger partial charge in [-0.15, -0.1) is 13.2 Å². The van der Waals surface area contributed by atoms with Gasteiger partial charge in [-0.3, -0.25) is 9.78 Å². The van der Waals surface area contributed by atoms with E-state index in [0.29, 0.717) is 0 Å². The third-order valence-electron chi connectivity index (χ3n) is 4.93. The topological polar surface area (TPSA) is 62.7 Å². The highest BCUT2D eigenvalue weighted by atomic mass is 19.4. The van der Waals surface area contributed by atoms with Gasteiger partial charge in [0.05, 0.1) is 5.69 Å². The van der Waals surface area contributed by atoms with Crippen LogP contribution in [0.1, 0.15) is 44.9 Å². The molecule has 3 amide bonds. The van der Waals surface area contributed by atoms with Gasteiger partial charge in [0, 0.05) is 18.4 Å². The molecule has 9 heteroatoms. The highest BCUT2D eigenvalue weighted by molar-refractivity contribution is 6.22. The van der Waals surface area contributed by atoms with Crippen LogP contribution < -0.4 is 9.64 Å². The number of hydrogen-bond acceptors (Lipinski definition) is 4. The van der Waals surface area contributed by atoms with Crippen molar-refractivity contribution in [2.45, 2.75) is 52.1 Å². The third kappa shape index (κ3) is 4.24. The van der Waals surface area contributed by atoms with E-state index in [1.54, 1.807) is 26.1 Å². The zero-order valence-electron chi connectivity index (χ0n) is 17.0. The van der Waals surface area contributed by atoms with Crippen molar-refractivity contribution in [1.29, 1.82) is 0 Å². The quantitative estimate of drug-likeness (QED) is 0.648. The predicted octanol–water partition coefficient (Wildman–Crippen LogP) is 4.85. The van der Waals surface area contributed by atoms with Crippen molar-refractivity contribution in [3.8, 4) is 5.75 Å². The van der Waals surface area contributed by atoms with Crippen LogP contribution in [0.25, 0.3) is 0 Å². The molecule has 1 aromatic heterocycles. The maximum atomic E-state index is 13.1. The maximum absolute atomic E-state index is 13.1. The van der Waals surface area contributed by atoms with Crippen molar-refractivity contribution in [1.82, 2.24) is 9.88 Å². The average Bonchev–Trinajstić information content (AvgIpc) is 2.81. The maximum Gasteiger partial charge on any atom is 0.573 e. The summed E-state index contributed by atoms with van der Waals surface area (Å²) in [6.45, 7) is 7.49. The zero-order valence-corrected chi connectivity index (χ0v) is 17.0. The molecule has 2 heterocycles. The second kappa shape index (κ2) is 7.62. The standard InChI is InChI=1S/C21H22F3N3O3/c1-13(2)17-11-14(9-10-25-17)12-26-19(29)27(18(28)20(26,3)4)15-5-7-16(8-6-15)30-21(22,23)24/h5-11,13H,12H2,1-4H3. The number of carbonyl (C=O) groups is 2. The fourth-order valence-electron chi connectivity index (χ4n) is 3.22. The molecule has 0 radical (unpaired) electrons. The Kier molecular flexibility index (Phi) is 5.49. The Morgan fingerprint density at radius 1 is 1.10 bits per heavy atom. The summed E-state index contributed by atoms with van der Waals surface area (Å²) in [7, 11) is 0. The number of nitrogens with zero attached hydrogens (tertiary/aromatic N) is 3. The fourth-order valence-corrected chi connectivity index (χ4v) is 3.22. The number of rotatable bonds is 5. The lowest BCUT2D eigenvalue weighted by Gasteiger charge is -2.27. The van der Waals surface area contributed by atoms with Gasteiger partial charge in [0.15, 0.2) is 0 Å². The Bertz CT molecular complexity index is 956. The molecule has 0 aliphatic carbocycles. The van der Waals surface area contributed by atoms with Crippen LogP contribution in [0.15, 0.2) is 42.6 Å². The van der Waals surface area contributed by atoms with Gasteiger partial charge >= 0.3 is 12.4 Å². The van der Waals surface area contributed by atoms with E-state index >= 15 is 0 Å². The third-order valence-corrected chi connectivity index (χ3v) is 4.93. The van der Waals surface area contributed by atoms with Gasteiger partial charge in [-0.2, -0.15) is 0 Å². The number of carbonyl (C=O) groups excluding carboxylic acids is 2. The summed E-state index contributed by atoms with van der Waals surface area (Å²) < 4.78 is 40.9. The zero-order chi connectivity index (χ0) is 22.3. The SMILES string of the molecule is CC(C)c1cc(CN2C(=O)N(c3ccc(OC(F)(F)F)cc3)C(=O)C2(C)C)ccn1. The van der Waals surface area contributed by atoms with E-state index in [0.717, 1.165) is 28.3 Å². The van der Waals surface area contributed by atoms with Gasteiger partial charge < -0.3 is 9.64 Å². The molecule has 0 bridgehead atoms. The van der Waals surface area contributed by atoms with Crippen LogP contribution in [0.4, 0.5) is 23.7 Å². The van der Waals surface area contributed by atoms with E-state index in [2.05, 4.69) is 9.72 Å². The number of imide groups is 1. The Labute approximate surface area is 172 Å². The van der Waals surface area contributed by atoms with Gasteiger partial charge in [-0.1, -0.05) is 13.8 Å². The smallest absolute Gasteiger partial charge is 0.406 e. The van der Waals surface area contributed by atoms with E-state index in [-0.39, 0.29) is 18.2 Å². The van der Waals surface area contributed by atoms with E-state index in [1.165, 1.54) is 17.0 Å². The van der Waals surface area contributed by atoms with Gasteiger partial charge in [0.1, 0.15) is 11.3 Å². The Morgan fingerprint density at radius 2 is 1.73 bits per heavy atom. The molecule has 0 saturated carbocycles. The molecule has 0 atom stereocenters. The summed E-state index contributed by atoms with van der Waals surface area (Å²) in [5.74, 6) is -0.683. The number of benzene rings is 1. The number of alkyl halides is 3. The summed E-state index contributed by atoms with van der Waals surface area (Å²) in [6.07, 6.45) is -3.16. The predicted molar refractivity (Wildman–Crippen MR) is 104 cm³/mol. The summed E-state index contributed by atoms with van der Waals surface area (Å²) >= 11 is 0. The van der Waals surface area contributed by atoms with Crippen LogP contribution in [0.5, 0.6) is 5.75 Å². The second-order valence-electron chi connectivity index (χ2n) is 7.85. The molecule has 6 nitrogen and oxygen atoms in total. The molecule has 0 unspecified atom stereocenters. The van der Waals surface area contributed by atoms with Crippen molar-refractivity contribution >= 4 is 17.6 Å². The molecular formula is C21H22F3N3O3. The molecule has 2 aromatic rings. The van der Waals surface area contributed by atoms with E-state index in [1.807, 2.05) is 19.9 Å². The van der Waals surface area contributed by atoms with E-state index in [9.17, 15) is 22.8 Å². The first-order chi connectivity index (χ1) is 13.9. The summed E-state index contributed by atoms with van der Waals surface area (Å²) in [6, 6.07) is 7.76. The van der Waals surface area contributed by atoms with Crippen LogP contribution in [0.2, 0.25) is 0 Å². The number of amides is 3. The highest BCUT2D eigenvalue weighted by Crippen LogP contribution is 2.34. The number of aromatic nitrogens is 1. The number of urea groups is 1. The van der Waals surface area contributed by atoms with Crippen LogP contribution in [-0.2, 0) is 11.3 Å². The molecule has 1 saturated heterocycles. The van der Waals surface area contributed by atoms with Crippen molar-refractivity contribution in [2.75, 3.05) is 4.90 Å². The average molecular weight is 421 g/mol. The Morgan fingerprint density at radius 3 is 2.30 bits per heavy atom. The molecule has 1 fully saturated rings. The molecule has 0 N–H and O–H groups in total. The molecule has 1 aromatic carbocycles. The van der Waals surface area contributed by atoms with Crippen LogP contribution >= 0.6 is 0 Å². The minimum absolute atomic E-state index is 0.174. The first-order valence-electron chi connectivity index (χ1n) is 9.37. The number of ether oxygens (including phenoxy) is 1. The molecule has 30 heavy (non-hydrogen) atoms. The monoisotopic (exact) mass is 421 g/mol. The van der Waals surface area contributed by atoms with Crippen molar-refractivity contribution in [3.05, 3.63) is 53.9 Å². The summed E-state index contributed by atoms with van der Waals surface area (Å²) in [5, 5.41) is 0. The molecular weight excluding hydrogens is 399 g/mol. The lowest BCUT2D eigenvalue weighted by Crippen LogP contribution is -2.43. The second-order valence-corrected chi connectivity index (χ2v) is 7.85. The first kappa shape index (κ1) is 21.6. The number of anilines is 1. The molecule has 3 rings (SSSR count). The van der Waals surface area contributed by atoms with Gasteiger partial charge in [-0.05, 0) is 61.7 Å². The van der Waals surface area contributed by atoms with Crippen molar-refractivity contribution in [3.63, 3.8) is 0 Å². The first-order valence-corrected chi connectivity index (χ1v) is 9.37. The number of hydrogen-bond donors (Lipinski definition) is 0. The Balaban J connectivity index is 1.86. The molecule has 0 spiro atoms. The van der Waals surface area contributed by atoms with Crippen LogP contribution in [0, 0.1) is 0 Å². The van der Waals surface area contributed by atoms with Crippen molar-refractivity contribution in [2.24, 2.45) is 0 Å². The van der Waals surface area contributed by atoms with Crippen molar-refractivity contribution < 1.29 is 27.5 Å². The lowest BCUT2D eigenvalue weighted by atomic mass is 10.0. The minimum atomic E-state index is -4.82. The van der Waals surface area contributed by atoms with Gasteiger partial charge in [0.2, 0.25) is 0 Å². The number of pyridine rings is 1. The lowest BCUT2D eigenvalue weighted by molar-refractivity contribution is -0.274. The largest absolute Gasteiger partial charge is 0.573 e. The van der Waals surface area contributed by atoms with Crippen LogP contribution in [0.3, 0.4) is 0 Å². The Hall–Kier alpha value is -3.10. The highest BCUT2D eigenvalue weighted by Gasteiger charge is 2.51. The van der Waals surface area contributed by atoms with Gasteiger partial charge in [0.25, 0.3) is 5.91 Å². The minimum Gasteiger partial charge on any atom is -0.406 e. The van der Waals surface area contributed by atoms with E-state index < -0.39 is 29.6 Å². The molecule has 1 aliphatic rings. The summed E-state index contributed by atoms with van der Waals surface area (Å²) in [4.78, 5) is 32.8.